The first-order valence-corrected chi connectivity index (χ1v) is 6.61. The van der Waals surface area contributed by atoms with E-state index in [1.165, 1.54) is 6.07 Å². The van der Waals surface area contributed by atoms with Crippen molar-refractivity contribution in [2.75, 3.05) is 11.9 Å². The molecule has 0 bridgehead atoms. The van der Waals surface area contributed by atoms with Crippen LogP contribution >= 0.6 is 11.3 Å². The molecule has 8 heteroatoms. The molecule has 2 aromatic rings. The van der Waals surface area contributed by atoms with Crippen molar-refractivity contribution >= 4 is 28.9 Å². The van der Waals surface area contributed by atoms with E-state index in [0.29, 0.717) is 17.1 Å². The van der Waals surface area contributed by atoms with Gasteiger partial charge in [0.25, 0.3) is 5.91 Å². The Bertz CT molecular complexity index is 627. The highest BCUT2D eigenvalue weighted by Crippen LogP contribution is 2.21. The maximum Gasteiger partial charge on any atom is 0.346 e. The molecule has 2 rings (SSSR count). The van der Waals surface area contributed by atoms with E-state index < -0.39 is 5.97 Å². The van der Waals surface area contributed by atoms with Crippen LogP contribution in [0.1, 0.15) is 21.1 Å². The molecule has 0 saturated heterocycles. The van der Waals surface area contributed by atoms with Crippen molar-refractivity contribution in [2.45, 2.75) is 13.8 Å². The number of aryl methyl sites for hydroxylation is 2. The molecule has 0 aliphatic rings. The first-order valence-electron chi connectivity index (χ1n) is 5.73. The number of carbonyl (C=O) groups is 2. The Balaban J connectivity index is 1.90. The Morgan fingerprint density at radius 3 is 2.80 bits per heavy atom. The van der Waals surface area contributed by atoms with Gasteiger partial charge in [0.2, 0.25) is 0 Å². The summed E-state index contributed by atoms with van der Waals surface area (Å²) in [5.74, 6) is -0.984. The van der Waals surface area contributed by atoms with Crippen LogP contribution in [0.15, 0.2) is 11.4 Å². The van der Waals surface area contributed by atoms with Gasteiger partial charge in [-0.1, -0.05) is 0 Å². The zero-order valence-electron chi connectivity index (χ0n) is 10.9. The number of carboxylic acid groups (broad SMARTS) is 1. The number of amides is 1. The van der Waals surface area contributed by atoms with Crippen LogP contribution in [0.4, 0.5) is 5.69 Å². The number of rotatable bonds is 5. The summed E-state index contributed by atoms with van der Waals surface area (Å²) in [6, 6.07) is 1.38. The number of H-pyrrole nitrogens is 1. The van der Waals surface area contributed by atoms with Crippen LogP contribution in [0, 0.1) is 13.8 Å². The average Bonchev–Trinajstić information content (AvgIpc) is 2.98. The number of anilines is 1. The van der Waals surface area contributed by atoms with Crippen molar-refractivity contribution in [2.24, 2.45) is 0 Å². The van der Waals surface area contributed by atoms with Gasteiger partial charge in [0, 0.05) is 11.4 Å². The molecule has 0 aliphatic carbocycles. The third-order valence-electron chi connectivity index (χ3n) is 2.55. The molecule has 0 fully saturated rings. The number of nitrogens with one attached hydrogen (secondary N) is 2. The number of hydrogen-bond acceptors (Lipinski definition) is 5. The Labute approximate surface area is 118 Å². The third-order valence-corrected chi connectivity index (χ3v) is 3.45. The third kappa shape index (κ3) is 3.15. The van der Waals surface area contributed by atoms with Crippen LogP contribution in [0.3, 0.4) is 0 Å². The lowest BCUT2D eigenvalue weighted by Crippen LogP contribution is -2.20. The number of carbonyl (C=O) groups excluding carboxylic acids is 1. The van der Waals surface area contributed by atoms with Crippen molar-refractivity contribution in [3.05, 3.63) is 27.7 Å². The molecule has 20 heavy (non-hydrogen) atoms. The number of nitrogens with zero attached hydrogens (tertiary/aromatic N) is 1. The lowest BCUT2D eigenvalue weighted by molar-refractivity contribution is -0.118. The van der Waals surface area contributed by atoms with Crippen molar-refractivity contribution < 1.29 is 19.4 Å². The molecule has 106 valence electrons. The zero-order valence-corrected chi connectivity index (χ0v) is 11.7. The fourth-order valence-corrected chi connectivity index (χ4v) is 2.23. The van der Waals surface area contributed by atoms with Crippen LogP contribution in [0.2, 0.25) is 0 Å². The Morgan fingerprint density at radius 1 is 1.50 bits per heavy atom. The van der Waals surface area contributed by atoms with Gasteiger partial charge in [0.05, 0.1) is 17.1 Å². The van der Waals surface area contributed by atoms with Crippen molar-refractivity contribution in [3.63, 3.8) is 0 Å². The van der Waals surface area contributed by atoms with E-state index in [9.17, 15) is 9.59 Å². The number of aromatic amines is 1. The van der Waals surface area contributed by atoms with E-state index >= 15 is 0 Å². The van der Waals surface area contributed by atoms with Gasteiger partial charge in [-0.3, -0.25) is 9.89 Å². The molecule has 0 aliphatic heterocycles. The minimum Gasteiger partial charge on any atom is -0.483 e. The van der Waals surface area contributed by atoms with Gasteiger partial charge < -0.3 is 15.2 Å². The van der Waals surface area contributed by atoms with Gasteiger partial charge in [-0.2, -0.15) is 5.10 Å². The normalized spacial score (nSPS) is 10.3. The summed E-state index contributed by atoms with van der Waals surface area (Å²) in [4.78, 5) is 22.6. The van der Waals surface area contributed by atoms with Crippen LogP contribution in [-0.4, -0.2) is 33.8 Å². The van der Waals surface area contributed by atoms with Gasteiger partial charge in [-0.05, 0) is 13.8 Å². The summed E-state index contributed by atoms with van der Waals surface area (Å²) in [7, 11) is 0. The average molecular weight is 295 g/mol. The molecule has 0 atom stereocenters. The zero-order chi connectivity index (χ0) is 14.7. The van der Waals surface area contributed by atoms with E-state index in [1.54, 1.807) is 19.2 Å². The molecule has 0 spiro atoms. The van der Waals surface area contributed by atoms with Crippen molar-refractivity contribution in [3.8, 4) is 5.75 Å². The highest BCUT2D eigenvalue weighted by atomic mass is 32.1. The van der Waals surface area contributed by atoms with Crippen LogP contribution in [0.25, 0.3) is 0 Å². The Kier molecular flexibility index (Phi) is 4.04. The van der Waals surface area contributed by atoms with Crippen LogP contribution < -0.4 is 10.1 Å². The maximum atomic E-state index is 11.7. The summed E-state index contributed by atoms with van der Waals surface area (Å²) in [6.07, 6.45) is 0. The lowest BCUT2D eigenvalue weighted by Gasteiger charge is -2.06. The fourth-order valence-electron chi connectivity index (χ4n) is 1.57. The number of aromatic carboxylic acids is 1. The van der Waals surface area contributed by atoms with E-state index in [4.69, 9.17) is 9.84 Å². The predicted octanol–water partition coefficient (Wildman–Crippen LogP) is 1.80. The van der Waals surface area contributed by atoms with E-state index in [1.807, 2.05) is 0 Å². The van der Waals surface area contributed by atoms with E-state index in [0.717, 1.165) is 17.0 Å². The Morgan fingerprint density at radius 2 is 2.25 bits per heavy atom. The largest absolute Gasteiger partial charge is 0.483 e. The smallest absolute Gasteiger partial charge is 0.346 e. The molecule has 1 amide bonds. The second-order valence-electron chi connectivity index (χ2n) is 4.10. The standard InChI is InChI=1S/C12H13N3O4S/c1-6-11(7(2)15-14-6)13-10(16)4-19-8-3-9(12(17)18)20-5-8/h3,5H,4H2,1-2H3,(H,13,16)(H,14,15)(H,17,18). The SMILES string of the molecule is Cc1n[nH]c(C)c1NC(=O)COc1csc(C(=O)O)c1. The van der Waals surface area contributed by atoms with Gasteiger partial charge in [0.1, 0.15) is 10.6 Å². The van der Waals surface area contributed by atoms with Gasteiger partial charge in [-0.25, -0.2) is 4.79 Å². The summed E-state index contributed by atoms with van der Waals surface area (Å²) in [6.45, 7) is 3.38. The molecule has 0 aromatic carbocycles. The highest BCUT2D eigenvalue weighted by Gasteiger charge is 2.12. The molecule has 7 nitrogen and oxygen atoms in total. The summed E-state index contributed by atoms with van der Waals surface area (Å²) in [5.41, 5.74) is 2.09. The fraction of sp³-hybridized carbons (Fsp3) is 0.250. The van der Waals surface area contributed by atoms with Crippen LogP contribution in [-0.2, 0) is 4.79 Å². The van der Waals surface area contributed by atoms with E-state index in [2.05, 4.69) is 15.5 Å². The molecule has 0 unspecified atom stereocenters. The maximum absolute atomic E-state index is 11.7. The number of aromatic nitrogens is 2. The van der Waals surface area contributed by atoms with Gasteiger partial charge in [0.15, 0.2) is 6.61 Å². The van der Waals surface area contributed by atoms with Gasteiger partial charge in [-0.15, -0.1) is 11.3 Å². The minimum atomic E-state index is -1.01. The monoisotopic (exact) mass is 295 g/mol. The topological polar surface area (TPSA) is 104 Å². The summed E-state index contributed by atoms with van der Waals surface area (Å²) in [5, 5.41) is 19.7. The lowest BCUT2D eigenvalue weighted by atomic mass is 10.3. The highest BCUT2D eigenvalue weighted by molar-refractivity contribution is 7.12. The van der Waals surface area contributed by atoms with Crippen molar-refractivity contribution in [1.29, 1.82) is 0 Å². The van der Waals surface area contributed by atoms with E-state index in [-0.39, 0.29) is 17.4 Å². The summed E-state index contributed by atoms with van der Waals surface area (Å²) < 4.78 is 5.23. The van der Waals surface area contributed by atoms with Gasteiger partial charge >= 0.3 is 5.97 Å². The molecule has 2 heterocycles. The molecule has 3 N–H and O–H groups in total. The number of ether oxygens (including phenoxy) is 1. The predicted molar refractivity (Wildman–Crippen MR) is 73.5 cm³/mol. The molecular formula is C12H13N3O4S. The minimum absolute atomic E-state index is 0.168. The molecule has 0 saturated carbocycles. The molecule has 0 radical (unpaired) electrons. The molecular weight excluding hydrogens is 282 g/mol. The second kappa shape index (κ2) is 5.74. The number of thiophene rings is 1. The second-order valence-corrected chi connectivity index (χ2v) is 5.01. The summed E-state index contributed by atoms with van der Waals surface area (Å²) >= 11 is 1.05. The van der Waals surface area contributed by atoms with Crippen molar-refractivity contribution in [1.82, 2.24) is 10.2 Å². The first-order chi connectivity index (χ1) is 9.47. The Hall–Kier alpha value is -2.35. The number of hydrogen-bond donors (Lipinski definition) is 3. The molecule has 2 aromatic heterocycles. The quantitative estimate of drug-likeness (QED) is 0.780. The van der Waals surface area contributed by atoms with Crippen LogP contribution in [0.5, 0.6) is 5.75 Å². The first kappa shape index (κ1) is 14.1. The number of carboxylic acids is 1.